The summed E-state index contributed by atoms with van der Waals surface area (Å²) in [5.74, 6) is 3.19. The smallest absolute Gasteiger partial charge is 0.00597 e. The third-order valence-corrected chi connectivity index (χ3v) is 5.27. The summed E-state index contributed by atoms with van der Waals surface area (Å²) in [4.78, 5) is 0. The molecule has 1 heteroatoms. The second-order valence-corrected chi connectivity index (χ2v) is 5.99. The van der Waals surface area contributed by atoms with Crippen LogP contribution >= 0.6 is 15.9 Å². The molecule has 2 fully saturated rings. The van der Waals surface area contributed by atoms with E-state index < -0.39 is 0 Å². The molecule has 0 N–H and O–H groups in total. The summed E-state index contributed by atoms with van der Waals surface area (Å²) in [6.07, 6.45) is 13.7. The number of hydrogen-bond acceptors (Lipinski definition) is 0. The SMILES string of the molecule is BrCC1CCCC(C2CCCCC2)C1. The fraction of sp³-hybridized carbons (Fsp3) is 1.00. The summed E-state index contributed by atoms with van der Waals surface area (Å²) in [7, 11) is 0. The number of halogens is 1. The molecule has 0 heterocycles. The van der Waals surface area contributed by atoms with Gasteiger partial charge in [0.25, 0.3) is 0 Å². The van der Waals surface area contributed by atoms with E-state index in [9.17, 15) is 0 Å². The minimum absolute atomic E-state index is 0.996. The Bertz CT molecular complexity index is 161. The highest BCUT2D eigenvalue weighted by Gasteiger charge is 2.28. The molecule has 0 aromatic heterocycles. The highest BCUT2D eigenvalue weighted by molar-refractivity contribution is 9.09. The van der Waals surface area contributed by atoms with E-state index in [1.54, 1.807) is 12.8 Å². The van der Waals surface area contributed by atoms with Crippen molar-refractivity contribution in [2.45, 2.75) is 57.8 Å². The van der Waals surface area contributed by atoms with Crippen LogP contribution in [0.3, 0.4) is 0 Å². The van der Waals surface area contributed by atoms with Crippen LogP contribution in [-0.4, -0.2) is 5.33 Å². The minimum atomic E-state index is 0.996. The van der Waals surface area contributed by atoms with E-state index in [0.717, 1.165) is 17.8 Å². The van der Waals surface area contributed by atoms with Gasteiger partial charge in [-0.2, -0.15) is 0 Å². The maximum absolute atomic E-state index is 3.66. The van der Waals surface area contributed by atoms with Gasteiger partial charge >= 0.3 is 0 Å². The van der Waals surface area contributed by atoms with Crippen LogP contribution in [0.4, 0.5) is 0 Å². The van der Waals surface area contributed by atoms with Gasteiger partial charge in [-0.05, 0) is 30.6 Å². The van der Waals surface area contributed by atoms with Gasteiger partial charge in [0.05, 0.1) is 0 Å². The molecule has 0 radical (unpaired) electrons. The molecule has 0 saturated heterocycles. The van der Waals surface area contributed by atoms with Crippen molar-refractivity contribution >= 4 is 15.9 Å². The standard InChI is InChI=1S/C13H23Br/c14-10-11-5-4-8-13(9-11)12-6-2-1-3-7-12/h11-13H,1-10H2. The Kier molecular flexibility index (Phi) is 4.34. The fourth-order valence-corrected chi connectivity index (χ4v) is 4.09. The van der Waals surface area contributed by atoms with Crippen LogP contribution in [0.25, 0.3) is 0 Å². The zero-order chi connectivity index (χ0) is 9.80. The minimum Gasteiger partial charge on any atom is -0.0925 e. The third kappa shape index (κ3) is 2.74. The molecule has 2 unspecified atom stereocenters. The topological polar surface area (TPSA) is 0 Å². The number of hydrogen-bond donors (Lipinski definition) is 0. The predicted octanol–water partition coefficient (Wildman–Crippen LogP) is 4.77. The number of rotatable bonds is 2. The van der Waals surface area contributed by atoms with Gasteiger partial charge in [0.15, 0.2) is 0 Å². The molecule has 2 rings (SSSR count). The monoisotopic (exact) mass is 258 g/mol. The molecule has 82 valence electrons. The van der Waals surface area contributed by atoms with Gasteiger partial charge in [-0.1, -0.05) is 60.9 Å². The van der Waals surface area contributed by atoms with E-state index in [1.807, 2.05) is 0 Å². The quantitative estimate of drug-likeness (QED) is 0.627. The molecule has 0 amide bonds. The lowest BCUT2D eigenvalue weighted by atomic mass is 9.71. The molecule has 0 aliphatic heterocycles. The second-order valence-electron chi connectivity index (χ2n) is 5.35. The molecular weight excluding hydrogens is 236 g/mol. The fourth-order valence-electron chi connectivity index (χ4n) is 3.51. The van der Waals surface area contributed by atoms with Crippen LogP contribution in [0.5, 0.6) is 0 Å². The van der Waals surface area contributed by atoms with Crippen molar-refractivity contribution < 1.29 is 0 Å². The van der Waals surface area contributed by atoms with E-state index in [2.05, 4.69) is 15.9 Å². The Hall–Kier alpha value is 0.480. The first-order chi connectivity index (χ1) is 6.90. The Morgan fingerprint density at radius 3 is 2.21 bits per heavy atom. The van der Waals surface area contributed by atoms with E-state index in [4.69, 9.17) is 0 Å². The molecule has 0 nitrogen and oxygen atoms in total. The molecule has 2 aliphatic rings. The molecule has 2 aliphatic carbocycles. The largest absolute Gasteiger partial charge is 0.0925 e. The van der Waals surface area contributed by atoms with Crippen LogP contribution in [0.1, 0.15) is 57.8 Å². The van der Waals surface area contributed by atoms with Gasteiger partial charge in [-0.3, -0.25) is 0 Å². The van der Waals surface area contributed by atoms with Gasteiger partial charge < -0.3 is 0 Å². The summed E-state index contributed by atoms with van der Waals surface area (Å²) < 4.78 is 0. The first-order valence-corrected chi connectivity index (χ1v) is 7.58. The first-order valence-electron chi connectivity index (χ1n) is 6.46. The van der Waals surface area contributed by atoms with Crippen LogP contribution in [0.15, 0.2) is 0 Å². The first kappa shape index (κ1) is 11.0. The lowest BCUT2D eigenvalue weighted by Gasteiger charge is -2.36. The molecule has 0 aromatic rings. The van der Waals surface area contributed by atoms with Crippen molar-refractivity contribution in [3.63, 3.8) is 0 Å². The van der Waals surface area contributed by atoms with Crippen molar-refractivity contribution in [3.05, 3.63) is 0 Å². The maximum atomic E-state index is 3.66. The summed E-state index contributed by atoms with van der Waals surface area (Å²) in [6, 6.07) is 0. The zero-order valence-corrected chi connectivity index (χ0v) is 10.8. The Morgan fingerprint density at radius 2 is 1.50 bits per heavy atom. The maximum Gasteiger partial charge on any atom is 0.00597 e. The van der Waals surface area contributed by atoms with Gasteiger partial charge in [0.2, 0.25) is 0 Å². The van der Waals surface area contributed by atoms with Crippen molar-refractivity contribution in [3.8, 4) is 0 Å². The highest BCUT2D eigenvalue weighted by atomic mass is 79.9. The van der Waals surface area contributed by atoms with E-state index in [0.29, 0.717) is 0 Å². The molecule has 2 atom stereocenters. The third-order valence-electron chi connectivity index (χ3n) is 4.36. The summed E-state index contributed by atoms with van der Waals surface area (Å²) >= 11 is 3.66. The van der Waals surface area contributed by atoms with Crippen molar-refractivity contribution in [2.24, 2.45) is 17.8 Å². The predicted molar refractivity (Wildman–Crippen MR) is 65.8 cm³/mol. The van der Waals surface area contributed by atoms with Crippen LogP contribution < -0.4 is 0 Å². The Labute approximate surface area is 97.0 Å². The Morgan fingerprint density at radius 1 is 0.786 bits per heavy atom. The molecular formula is C13H23Br. The normalized spacial score (nSPS) is 35.8. The van der Waals surface area contributed by atoms with Crippen molar-refractivity contribution in [1.29, 1.82) is 0 Å². The van der Waals surface area contributed by atoms with Gasteiger partial charge in [0, 0.05) is 5.33 Å². The molecule has 0 aromatic carbocycles. The second kappa shape index (κ2) is 5.53. The van der Waals surface area contributed by atoms with E-state index in [1.165, 1.54) is 50.3 Å². The molecule has 14 heavy (non-hydrogen) atoms. The molecule has 2 saturated carbocycles. The molecule has 0 spiro atoms. The van der Waals surface area contributed by atoms with Crippen LogP contribution in [0.2, 0.25) is 0 Å². The van der Waals surface area contributed by atoms with E-state index >= 15 is 0 Å². The summed E-state index contributed by atoms with van der Waals surface area (Å²) in [6.45, 7) is 0. The highest BCUT2D eigenvalue weighted by Crippen LogP contribution is 2.40. The summed E-state index contributed by atoms with van der Waals surface area (Å²) in [5, 5.41) is 1.25. The van der Waals surface area contributed by atoms with Crippen LogP contribution in [-0.2, 0) is 0 Å². The average Bonchev–Trinajstić information content (AvgIpc) is 2.30. The van der Waals surface area contributed by atoms with E-state index in [-0.39, 0.29) is 0 Å². The van der Waals surface area contributed by atoms with Gasteiger partial charge in [-0.15, -0.1) is 0 Å². The number of alkyl halides is 1. The Balaban J connectivity index is 1.83. The van der Waals surface area contributed by atoms with Gasteiger partial charge in [0.1, 0.15) is 0 Å². The van der Waals surface area contributed by atoms with Crippen molar-refractivity contribution in [1.82, 2.24) is 0 Å². The molecule has 0 bridgehead atoms. The zero-order valence-electron chi connectivity index (χ0n) is 9.18. The lowest BCUT2D eigenvalue weighted by Crippen LogP contribution is -2.25. The van der Waals surface area contributed by atoms with Crippen LogP contribution in [0, 0.1) is 17.8 Å². The summed E-state index contributed by atoms with van der Waals surface area (Å²) in [5.41, 5.74) is 0. The van der Waals surface area contributed by atoms with Gasteiger partial charge in [-0.25, -0.2) is 0 Å². The van der Waals surface area contributed by atoms with Crippen molar-refractivity contribution in [2.75, 3.05) is 5.33 Å². The lowest BCUT2D eigenvalue weighted by molar-refractivity contribution is 0.168. The average molecular weight is 259 g/mol.